The average molecular weight is 417 g/mol. The summed E-state index contributed by atoms with van der Waals surface area (Å²) in [6, 6.07) is 14.1. The third-order valence-corrected chi connectivity index (χ3v) is 6.80. The van der Waals surface area contributed by atoms with Crippen LogP contribution >= 0.6 is 11.3 Å². The number of rotatable bonds is 5. The molecule has 28 heavy (non-hydrogen) atoms. The summed E-state index contributed by atoms with van der Waals surface area (Å²) in [6.07, 6.45) is 1.97. The Balaban J connectivity index is 1.46. The fourth-order valence-corrected chi connectivity index (χ4v) is 5.16. The van der Waals surface area contributed by atoms with E-state index in [-0.39, 0.29) is 23.4 Å². The number of benzene rings is 2. The number of hydrogen-bond donors (Lipinski definition) is 2. The van der Waals surface area contributed by atoms with Crippen molar-refractivity contribution >= 4 is 43.2 Å². The zero-order valence-electron chi connectivity index (χ0n) is 15.0. The molecule has 1 aliphatic rings. The van der Waals surface area contributed by atoms with E-state index in [1.54, 1.807) is 23.5 Å². The molecular formula is C19H20N4O3S2. The Morgan fingerprint density at radius 3 is 2.86 bits per heavy atom. The van der Waals surface area contributed by atoms with E-state index in [0.717, 1.165) is 34.6 Å². The number of nitrogens with two attached hydrogens (primary N) is 1. The van der Waals surface area contributed by atoms with E-state index in [4.69, 9.17) is 10.1 Å². The van der Waals surface area contributed by atoms with E-state index in [2.05, 4.69) is 16.3 Å². The molecule has 0 radical (unpaired) electrons. The third kappa shape index (κ3) is 4.07. The van der Waals surface area contributed by atoms with Crippen molar-refractivity contribution in [1.29, 1.82) is 0 Å². The maximum Gasteiger partial charge on any atom is 0.238 e. The van der Waals surface area contributed by atoms with Gasteiger partial charge in [-0.15, -0.1) is 11.3 Å². The Labute approximate surface area is 167 Å². The number of nitrogens with zero attached hydrogens (tertiary/aromatic N) is 2. The minimum Gasteiger partial charge on any atom is -0.325 e. The number of primary sulfonamides is 1. The Kier molecular flexibility index (Phi) is 5.15. The van der Waals surface area contributed by atoms with Crippen LogP contribution in [0.1, 0.15) is 23.9 Å². The highest BCUT2D eigenvalue weighted by Gasteiger charge is 2.30. The van der Waals surface area contributed by atoms with E-state index < -0.39 is 10.0 Å². The van der Waals surface area contributed by atoms with Crippen LogP contribution in [-0.2, 0) is 14.8 Å². The van der Waals surface area contributed by atoms with E-state index in [1.165, 1.54) is 12.1 Å². The molecule has 1 aliphatic heterocycles. The number of sulfonamides is 1. The summed E-state index contributed by atoms with van der Waals surface area (Å²) in [7, 11) is -3.81. The Morgan fingerprint density at radius 1 is 1.25 bits per heavy atom. The van der Waals surface area contributed by atoms with Crippen LogP contribution in [-0.4, -0.2) is 37.3 Å². The van der Waals surface area contributed by atoms with E-state index in [1.807, 2.05) is 18.2 Å². The monoisotopic (exact) mass is 416 g/mol. The van der Waals surface area contributed by atoms with Crippen molar-refractivity contribution in [3.8, 4) is 0 Å². The lowest BCUT2D eigenvalue weighted by Crippen LogP contribution is -2.33. The predicted molar refractivity (Wildman–Crippen MR) is 110 cm³/mol. The van der Waals surface area contributed by atoms with Crippen molar-refractivity contribution in [1.82, 2.24) is 9.88 Å². The van der Waals surface area contributed by atoms with Gasteiger partial charge in [0.25, 0.3) is 0 Å². The summed E-state index contributed by atoms with van der Waals surface area (Å²) in [5.41, 5.74) is 1.39. The number of para-hydroxylation sites is 1. The number of aromatic nitrogens is 1. The summed E-state index contributed by atoms with van der Waals surface area (Å²) >= 11 is 1.67. The number of thiazole rings is 1. The molecule has 1 unspecified atom stereocenters. The fourth-order valence-electron chi connectivity index (χ4n) is 3.46. The largest absolute Gasteiger partial charge is 0.325 e. The first-order valence-electron chi connectivity index (χ1n) is 8.92. The zero-order chi connectivity index (χ0) is 19.7. The molecule has 3 aromatic rings. The van der Waals surface area contributed by atoms with E-state index >= 15 is 0 Å². The lowest BCUT2D eigenvalue weighted by molar-refractivity contribution is -0.117. The van der Waals surface area contributed by atoms with Crippen molar-refractivity contribution < 1.29 is 13.2 Å². The SMILES string of the molecule is NS(=O)(=O)c1cccc(NC(=O)CN2CCCC2c2nc3ccccc3s2)c1. The highest BCUT2D eigenvalue weighted by Crippen LogP contribution is 2.36. The number of likely N-dealkylation sites (tertiary alicyclic amines) is 1. The first-order valence-corrected chi connectivity index (χ1v) is 11.3. The van der Waals surface area contributed by atoms with Crippen molar-refractivity contribution in [3.05, 3.63) is 53.5 Å². The van der Waals surface area contributed by atoms with Crippen LogP contribution in [0.5, 0.6) is 0 Å². The number of amides is 1. The van der Waals surface area contributed by atoms with Gasteiger partial charge in [0.05, 0.1) is 27.7 Å². The molecule has 1 saturated heterocycles. The summed E-state index contributed by atoms with van der Waals surface area (Å²) < 4.78 is 24.1. The first kappa shape index (κ1) is 19.0. The molecule has 7 nitrogen and oxygen atoms in total. The number of fused-ring (bicyclic) bond motifs is 1. The minimum absolute atomic E-state index is 0.0289. The van der Waals surface area contributed by atoms with E-state index in [0.29, 0.717) is 5.69 Å². The van der Waals surface area contributed by atoms with Gasteiger partial charge in [-0.1, -0.05) is 18.2 Å². The molecule has 1 amide bonds. The van der Waals surface area contributed by atoms with Crippen LogP contribution in [0.4, 0.5) is 5.69 Å². The molecule has 2 heterocycles. The molecule has 4 rings (SSSR count). The molecule has 2 aromatic carbocycles. The van der Waals surface area contributed by atoms with Gasteiger partial charge < -0.3 is 5.32 Å². The molecular weight excluding hydrogens is 396 g/mol. The summed E-state index contributed by atoms with van der Waals surface area (Å²) in [5.74, 6) is -0.195. The topological polar surface area (TPSA) is 105 Å². The van der Waals surface area contributed by atoms with Crippen molar-refractivity contribution in [2.75, 3.05) is 18.4 Å². The Bertz CT molecular complexity index is 1090. The molecule has 146 valence electrons. The van der Waals surface area contributed by atoms with Crippen LogP contribution in [0.3, 0.4) is 0 Å². The van der Waals surface area contributed by atoms with Gasteiger partial charge >= 0.3 is 0 Å². The second kappa shape index (κ2) is 7.59. The van der Waals surface area contributed by atoms with Gasteiger partial charge in [-0.3, -0.25) is 9.69 Å². The second-order valence-corrected chi connectivity index (χ2v) is 9.39. The van der Waals surface area contributed by atoms with Gasteiger partial charge in [0, 0.05) is 5.69 Å². The lowest BCUT2D eigenvalue weighted by atomic mass is 10.2. The van der Waals surface area contributed by atoms with Gasteiger partial charge in [-0.05, 0) is 49.7 Å². The second-order valence-electron chi connectivity index (χ2n) is 6.77. The quantitative estimate of drug-likeness (QED) is 0.665. The van der Waals surface area contributed by atoms with Crippen LogP contribution in [0, 0.1) is 0 Å². The van der Waals surface area contributed by atoms with Gasteiger partial charge in [0.1, 0.15) is 5.01 Å². The van der Waals surface area contributed by atoms with Gasteiger partial charge in [0.15, 0.2) is 0 Å². The molecule has 1 atom stereocenters. The van der Waals surface area contributed by atoms with Crippen molar-refractivity contribution in [2.24, 2.45) is 5.14 Å². The van der Waals surface area contributed by atoms with Crippen LogP contribution < -0.4 is 10.5 Å². The van der Waals surface area contributed by atoms with Crippen molar-refractivity contribution in [2.45, 2.75) is 23.8 Å². The Morgan fingerprint density at radius 2 is 2.07 bits per heavy atom. The molecule has 0 bridgehead atoms. The normalized spacial score (nSPS) is 17.8. The molecule has 0 spiro atoms. The predicted octanol–water partition coefficient (Wildman–Crippen LogP) is 2.72. The van der Waals surface area contributed by atoms with Gasteiger partial charge in [-0.25, -0.2) is 18.5 Å². The first-order chi connectivity index (χ1) is 13.4. The number of carbonyl (C=O) groups is 1. The van der Waals surface area contributed by atoms with E-state index in [9.17, 15) is 13.2 Å². The zero-order valence-corrected chi connectivity index (χ0v) is 16.7. The average Bonchev–Trinajstić information content (AvgIpc) is 3.27. The smallest absolute Gasteiger partial charge is 0.238 e. The Hall–Kier alpha value is -2.33. The van der Waals surface area contributed by atoms with Crippen molar-refractivity contribution in [3.63, 3.8) is 0 Å². The summed E-state index contributed by atoms with van der Waals surface area (Å²) in [5, 5.41) is 8.94. The van der Waals surface area contributed by atoms with Crippen LogP contribution in [0.15, 0.2) is 53.4 Å². The highest BCUT2D eigenvalue weighted by molar-refractivity contribution is 7.89. The van der Waals surface area contributed by atoms with Gasteiger partial charge in [0.2, 0.25) is 15.9 Å². The maximum absolute atomic E-state index is 12.5. The molecule has 1 aromatic heterocycles. The number of carbonyl (C=O) groups excluding carboxylic acids is 1. The lowest BCUT2D eigenvalue weighted by Gasteiger charge is -2.22. The minimum atomic E-state index is -3.81. The third-order valence-electron chi connectivity index (χ3n) is 4.75. The summed E-state index contributed by atoms with van der Waals surface area (Å²) in [6.45, 7) is 1.05. The van der Waals surface area contributed by atoms with Crippen LogP contribution in [0.25, 0.3) is 10.2 Å². The molecule has 3 N–H and O–H groups in total. The fraction of sp³-hybridized carbons (Fsp3) is 0.263. The maximum atomic E-state index is 12.5. The summed E-state index contributed by atoms with van der Waals surface area (Å²) in [4.78, 5) is 19.4. The van der Waals surface area contributed by atoms with Gasteiger partial charge in [-0.2, -0.15) is 0 Å². The number of anilines is 1. The molecule has 0 aliphatic carbocycles. The highest BCUT2D eigenvalue weighted by atomic mass is 32.2. The molecule has 9 heteroatoms. The molecule has 1 fully saturated rings. The standard InChI is InChI=1S/C19H20N4O3S2/c20-28(25,26)14-6-3-5-13(11-14)21-18(24)12-23-10-4-8-16(23)19-22-15-7-1-2-9-17(15)27-19/h1-3,5-7,9,11,16H,4,8,10,12H2,(H,21,24)(H2,20,25,26). The van der Waals surface area contributed by atoms with Crippen LogP contribution in [0.2, 0.25) is 0 Å². The molecule has 0 saturated carbocycles. The number of nitrogens with one attached hydrogen (secondary N) is 1. The number of hydrogen-bond acceptors (Lipinski definition) is 6.